The number of carbonyl (C=O) groups is 3. The fourth-order valence-electron chi connectivity index (χ4n) is 4.37. The lowest BCUT2D eigenvalue weighted by molar-refractivity contribution is -0.384. The molecule has 154 valence electrons. The number of nitro groups is 1. The maximum Gasteiger partial charge on any atom is 0.325 e. The van der Waals surface area contributed by atoms with Gasteiger partial charge in [0.1, 0.15) is 12.1 Å². The summed E-state index contributed by atoms with van der Waals surface area (Å²) in [5.41, 5.74) is 0.0996. The summed E-state index contributed by atoms with van der Waals surface area (Å²) in [7, 11) is 0. The number of piperazine rings is 1. The molecule has 29 heavy (non-hydrogen) atoms. The van der Waals surface area contributed by atoms with Crippen molar-refractivity contribution in [2.75, 3.05) is 37.6 Å². The van der Waals surface area contributed by atoms with Gasteiger partial charge >= 0.3 is 6.03 Å². The second-order valence-corrected chi connectivity index (χ2v) is 7.75. The average Bonchev–Trinajstić information content (AvgIpc) is 3.29. The van der Waals surface area contributed by atoms with Crippen LogP contribution in [0.5, 0.6) is 0 Å². The molecule has 4 amide bonds. The number of benzene rings is 1. The molecule has 3 aliphatic rings. The van der Waals surface area contributed by atoms with Gasteiger partial charge in [0.2, 0.25) is 5.91 Å². The number of nitrogens with zero attached hydrogens (tertiary/aromatic N) is 4. The van der Waals surface area contributed by atoms with Crippen molar-refractivity contribution in [1.29, 1.82) is 0 Å². The van der Waals surface area contributed by atoms with E-state index in [0.717, 1.165) is 23.4 Å². The van der Waals surface area contributed by atoms with Crippen LogP contribution in [0.2, 0.25) is 0 Å². The summed E-state index contributed by atoms with van der Waals surface area (Å²) < 4.78 is 0. The first-order valence-corrected chi connectivity index (χ1v) is 9.81. The highest BCUT2D eigenvalue weighted by atomic mass is 16.6. The Morgan fingerprint density at radius 3 is 2.28 bits per heavy atom. The third kappa shape index (κ3) is 3.50. The third-order valence-corrected chi connectivity index (χ3v) is 6.05. The number of non-ortho nitro benzene ring substituents is 1. The van der Waals surface area contributed by atoms with Crippen molar-refractivity contribution < 1.29 is 19.3 Å². The highest BCUT2D eigenvalue weighted by Gasteiger charge is 2.52. The smallest absolute Gasteiger partial charge is 0.325 e. The maximum absolute atomic E-state index is 12.7. The first-order valence-electron chi connectivity index (χ1n) is 9.81. The van der Waals surface area contributed by atoms with Crippen LogP contribution < -0.4 is 10.2 Å². The predicted octanol–water partition coefficient (Wildman–Crippen LogP) is 1.11. The van der Waals surface area contributed by atoms with Gasteiger partial charge < -0.3 is 15.1 Å². The molecular formula is C19H23N5O5. The summed E-state index contributed by atoms with van der Waals surface area (Å²) >= 11 is 0. The summed E-state index contributed by atoms with van der Waals surface area (Å²) in [5, 5.41) is 13.6. The van der Waals surface area contributed by atoms with E-state index in [1.807, 2.05) is 0 Å². The van der Waals surface area contributed by atoms with Crippen LogP contribution in [0.3, 0.4) is 0 Å². The monoisotopic (exact) mass is 401 g/mol. The van der Waals surface area contributed by atoms with E-state index in [2.05, 4.69) is 10.2 Å². The summed E-state index contributed by atoms with van der Waals surface area (Å²) in [6, 6.07) is 5.84. The zero-order valence-corrected chi connectivity index (χ0v) is 16.0. The van der Waals surface area contributed by atoms with E-state index in [0.29, 0.717) is 39.0 Å². The number of rotatable bonds is 4. The molecule has 2 heterocycles. The molecular weight excluding hydrogens is 378 g/mol. The number of urea groups is 1. The Morgan fingerprint density at radius 2 is 1.69 bits per heavy atom. The molecule has 0 atom stereocenters. The van der Waals surface area contributed by atoms with Crippen LogP contribution in [0.1, 0.15) is 25.7 Å². The predicted molar refractivity (Wildman–Crippen MR) is 103 cm³/mol. The van der Waals surface area contributed by atoms with Crippen molar-refractivity contribution in [3.63, 3.8) is 0 Å². The minimum Gasteiger partial charge on any atom is -0.368 e. The zero-order chi connectivity index (χ0) is 20.6. The second kappa shape index (κ2) is 7.34. The molecule has 2 aliphatic heterocycles. The van der Waals surface area contributed by atoms with Crippen LogP contribution in [0, 0.1) is 10.1 Å². The first kappa shape index (κ1) is 19.2. The number of hydrogen-bond donors (Lipinski definition) is 1. The number of imide groups is 1. The van der Waals surface area contributed by atoms with E-state index >= 15 is 0 Å². The number of hydrogen-bond acceptors (Lipinski definition) is 6. The summed E-state index contributed by atoms with van der Waals surface area (Å²) in [5.74, 6) is -0.523. The molecule has 4 rings (SSSR count). The Bertz CT molecular complexity index is 841. The number of anilines is 1. The average molecular weight is 401 g/mol. The molecule has 1 aromatic carbocycles. The van der Waals surface area contributed by atoms with E-state index in [-0.39, 0.29) is 24.0 Å². The lowest BCUT2D eigenvalue weighted by Gasteiger charge is -2.36. The largest absolute Gasteiger partial charge is 0.368 e. The molecule has 0 radical (unpaired) electrons. The summed E-state index contributed by atoms with van der Waals surface area (Å²) in [6.45, 7) is 1.85. The van der Waals surface area contributed by atoms with E-state index in [1.165, 1.54) is 12.1 Å². The van der Waals surface area contributed by atoms with Crippen molar-refractivity contribution in [2.24, 2.45) is 0 Å². The van der Waals surface area contributed by atoms with Crippen LogP contribution >= 0.6 is 0 Å². The van der Waals surface area contributed by atoms with Gasteiger partial charge in [0.25, 0.3) is 11.6 Å². The molecule has 1 spiro atoms. The van der Waals surface area contributed by atoms with Gasteiger partial charge in [-0.15, -0.1) is 0 Å². The minimum atomic E-state index is -0.800. The van der Waals surface area contributed by atoms with Crippen molar-refractivity contribution in [1.82, 2.24) is 15.1 Å². The molecule has 3 fully saturated rings. The molecule has 10 heteroatoms. The zero-order valence-electron chi connectivity index (χ0n) is 16.0. The summed E-state index contributed by atoms with van der Waals surface area (Å²) in [4.78, 5) is 52.7. The van der Waals surface area contributed by atoms with Gasteiger partial charge in [-0.1, -0.05) is 12.8 Å². The Morgan fingerprint density at radius 1 is 1.07 bits per heavy atom. The Kier molecular flexibility index (Phi) is 4.85. The van der Waals surface area contributed by atoms with E-state index in [9.17, 15) is 24.5 Å². The first-order chi connectivity index (χ1) is 13.9. The molecule has 0 bridgehead atoms. The molecule has 10 nitrogen and oxygen atoms in total. The van der Waals surface area contributed by atoms with E-state index in [1.54, 1.807) is 17.0 Å². The van der Waals surface area contributed by atoms with Gasteiger partial charge in [-0.3, -0.25) is 24.6 Å². The van der Waals surface area contributed by atoms with Crippen molar-refractivity contribution in [3.05, 3.63) is 34.4 Å². The highest BCUT2D eigenvalue weighted by Crippen LogP contribution is 2.35. The molecule has 1 aliphatic carbocycles. The van der Waals surface area contributed by atoms with Crippen molar-refractivity contribution in [3.8, 4) is 0 Å². The molecule has 0 unspecified atom stereocenters. The van der Waals surface area contributed by atoms with Gasteiger partial charge in [0, 0.05) is 44.0 Å². The van der Waals surface area contributed by atoms with Crippen LogP contribution in [0.25, 0.3) is 0 Å². The third-order valence-electron chi connectivity index (χ3n) is 6.05. The van der Waals surface area contributed by atoms with Gasteiger partial charge in [-0.25, -0.2) is 4.79 Å². The fourth-order valence-corrected chi connectivity index (χ4v) is 4.37. The van der Waals surface area contributed by atoms with E-state index in [4.69, 9.17) is 0 Å². The van der Waals surface area contributed by atoms with Gasteiger partial charge in [0.15, 0.2) is 0 Å². The number of nitro benzene ring substituents is 1. The molecule has 1 N–H and O–H groups in total. The van der Waals surface area contributed by atoms with Crippen LogP contribution in [-0.4, -0.2) is 70.8 Å². The second-order valence-electron chi connectivity index (χ2n) is 7.75. The minimum absolute atomic E-state index is 0.0381. The molecule has 2 saturated heterocycles. The fraction of sp³-hybridized carbons (Fsp3) is 0.526. The van der Waals surface area contributed by atoms with Crippen molar-refractivity contribution in [2.45, 2.75) is 31.2 Å². The standard InChI is InChI=1S/C19H23N5O5/c25-16(13-23-17(26)19(20-18(23)27)7-1-2-8-19)22-11-9-21(10-12-22)14-3-5-15(6-4-14)24(28)29/h3-6H,1-2,7-13H2,(H,20,27). The lowest BCUT2D eigenvalue weighted by Crippen LogP contribution is -2.52. The van der Waals surface area contributed by atoms with Crippen LogP contribution in [0.15, 0.2) is 24.3 Å². The molecule has 1 saturated carbocycles. The van der Waals surface area contributed by atoms with Gasteiger partial charge in [-0.2, -0.15) is 0 Å². The molecule has 0 aromatic heterocycles. The Balaban J connectivity index is 1.33. The highest BCUT2D eigenvalue weighted by molar-refractivity contribution is 6.09. The van der Waals surface area contributed by atoms with Crippen LogP contribution in [-0.2, 0) is 9.59 Å². The summed E-state index contributed by atoms with van der Waals surface area (Å²) in [6.07, 6.45) is 3.07. The Hall–Kier alpha value is -3.17. The normalized spacial score (nSPS) is 21.0. The topological polar surface area (TPSA) is 116 Å². The molecule has 1 aromatic rings. The number of amides is 4. The number of nitrogens with one attached hydrogen (secondary N) is 1. The number of carbonyl (C=O) groups excluding carboxylic acids is 3. The van der Waals surface area contributed by atoms with E-state index < -0.39 is 16.5 Å². The quantitative estimate of drug-likeness (QED) is 0.459. The van der Waals surface area contributed by atoms with Gasteiger partial charge in [-0.05, 0) is 25.0 Å². The Labute approximate surface area is 167 Å². The maximum atomic E-state index is 12.7. The van der Waals surface area contributed by atoms with Crippen LogP contribution in [0.4, 0.5) is 16.2 Å². The lowest BCUT2D eigenvalue weighted by atomic mass is 9.98. The SMILES string of the molecule is O=C(CN1C(=O)NC2(CCCC2)C1=O)N1CCN(c2ccc([N+](=O)[O-])cc2)CC1. The van der Waals surface area contributed by atoms with Gasteiger partial charge in [0.05, 0.1) is 4.92 Å². The van der Waals surface area contributed by atoms with Crippen molar-refractivity contribution >= 4 is 29.2 Å².